The Morgan fingerprint density at radius 3 is 2.47 bits per heavy atom. The molecule has 1 aliphatic rings. The van der Waals surface area contributed by atoms with E-state index in [1.54, 1.807) is 6.07 Å². The second-order valence-electron chi connectivity index (χ2n) is 7.72. The SMILES string of the molecule is CC(C)Oc1ccc(CCNC(=O)CCNS(=O)(=O)c2ccc3c(c2)OCCCO3)cc1. The van der Waals surface area contributed by atoms with E-state index in [2.05, 4.69) is 10.0 Å². The lowest BCUT2D eigenvalue weighted by atomic mass is 10.1. The third-order valence-corrected chi connectivity index (χ3v) is 6.16. The lowest BCUT2D eigenvalue weighted by Gasteiger charge is -2.11. The maximum Gasteiger partial charge on any atom is 0.240 e. The molecule has 0 radical (unpaired) electrons. The molecule has 32 heavy (non-hydrogen) atoms. The third-order valence-electron chi connectivity index (χ3n) is 4.70. The number of rotatable bonds is 10. The van der Waals surface area contributed by atoms with Crippen molar-refractivity contribution in [3.63, 3.8) is 0 Å². The number of carbonyl (C=O) groups excluding carboxylic acids is 1. The Hall–Kier alpha value is -2.78. The molecular weight excluding hydrogens is 432 g/mol. The summed E-state index contributed by atoms with van der Waals surface area (Å²) in [5, 5.41) is 2.81. The zero-order chi connectivity index (χ0) is 23.0. The summed E-state index contributed by atoms with van der Waals surface area (Å²) >= 11 is 0. The zero-order valence-corrected chi connectivity index (χ0v) is 19.2. The highest BCUT2D eigenvalue weighted by Gasteiger charge is 2.18. The smallest absolute Gasteiger partial charge is 0.240 e. The van der Waals surface area contributed by atoms with Gasteiger partial charge in [-0.1, -0.05) is 12.1 Å². The van der Waals surface area contributed by atoms with Crippen molar-refractivity contribution in [3.05, 3.63) is 48.0 Å². The Kier molecular flexibility index (Phi) is 8.35. The molecule has 1 heterocycles. The maximum atomic E-state index is 12.5. The first-order chi connectivity index (χ1) is 15.3. The first-order valence-electron chi connectivity index (χ1n) is 10.7. The van der Waals surface area contributed by atoms with Gasteiger partial charge in [0.1, 0.15) is 5.75 Å². The number of carbonyl (C=O) groups is 1. The van der Waals surface area contributed by atoms with Gasteiger partial charge >= 0.3 is 0 Å². The van der Waals surface area contributed by atoms with Gasteiger partial charge in [-0.2, -0.15) is 0 Å². The largest absolute Gasteiger partial charge is 0.491 e. The Labute approximate surface area is 189 Å². The summed E-state index contributed by atoms with van der Waals surface area (Å²) in [6.07, 6.45) is 1.58. The van der Waals surface area contributed by atoms with Crippen LogP contribution in [0.1, 0.15) is 32.3 Å². The summed E-state index contributed by atoms with van der Waals surface area (Å²) in [7, 11) is -3.76. The molecule has 0 saturated heterocycles. The molecule has 3 rings (SSSR count). The molecule has 174 valence electrons. The molecule has 0 atom stereocenters. The lowest BCUT2D eigenvalue weighted by molar-refractivity contribution is -0.120. The number of benzene rings is 2. The van der Waals surface area contributed by atoms with Crippen molar-refractivity contribution in [2.45, 2.75) is 44.1 Å². The molecule has 0 unspecified atom stereocenters. The van der Waals surface area contributed by atoms with Crippen LogP contribution in [0.15, 0.2) is 47.4 Å². The van der Waals surface area contributed by atoms with E-state index in [1.807, 2.05) is 38.1 Å². The molecule has 8 nitrogen and oxygen atoms in total. The first-order valence-corrected chi connectivity index (χ1v) is 12.2. The van der Waals surface area contributed by atoms with Crippen molar-refractivity contribution in [1.82, 2.24) is 10.0 Å². The minimum absolute atomic E-state index is 0.00382. The number of hydrogen-bond acceptors (Lipinski definition) is 6. The van der Waals surface area contributed by atoms with Gasteiger partial charge in [-0.3, -0.25) is 4.79 Å². The molecule has 2 aromatic rings. The van der Waals surface area contributed by atoms with E-state index >= 15 is 0 Å². The highest BCUT2D eigenvalue weighted by atomic mass is 32.2. The number of hydrogen-bond donors (Lipinski definition) is 2. The van der Waals surface area contributed by atoms with E-state index in [0.29, 0.717) is 37.7 Å². The number of fused-ring (bicyclic) bond motifs is 1. The van der Waals surface area contributed by atoms with Gasteiger partial charge in [0, 0.05) is 32.0 Å². The van der Waals surface area contributed by atoms with E-state index in [4.69, 9.17) is 14.2 Å². The molecule has 2 N–H and O–H groups in total. The van der Waals surface area contributed by atoms with Gasteiger partial charge in [-0.25, -0.2) is 13.1 Å². The molecule has 0 aromatic heterocycles. The number of amides is 1. The Bertz CT molecular complexity index is 1010. The van der Waals surface area contributed by atoms with Gasteiger partial charge < -0.3 is 19.5 Å². The van der Waals surface area contributed by atoms with Crippen LogP contribution in [0, 0.1) is 0 Å². The summed E-state index contributed by atoms with van der Waals surface area (Å²) in [4.78, 5) is 12.1. The molecule has 0 fully saturated rings. The van der Waals surface area contributed by atoms with Crippen LogP contribution in [0.25, 0.3) is 0 Å². The van der Waals surface area contributed by atoms with Gasteiger partial charge in [0.25, 0.3) is 0 Å². The minimum Gasteiger partial charge on any atom is -0.491 e. The first kappa shape index (κ1) is 23.9. The molecule has 0 saturated carbocycles. The van der Waals surface area contributed by atoms with E-state index in [-0.39, 0.29) is 29.9 Å². The normalized spacial score (nSPS) is 13.5. The topological polar surface area (TPSA) is 103 Å². The summed E-state index contributed by atoms with van der Waals surface area (Å²) in [5.74, 6) is 1.54. The summed E-state index contributed by atoms with van der Waals surface area (Å²) in [5.41, 5.74) is 1.08. The molecule has 0 aliphatic carbocycles. The fourth-order valence-corrected chi connectivity index (χ4v) is 4.18. The van der Waals surface area contributed by atoms with Crippen LogP contribution in [0.5, 0.6) is 17.2 Å². The number of ether oxygens (including phenoxy) is 3. The molecule has 1 aliphatic heterocycles. The highest BCUT2D eigenvalue weighted by molar-refractivity contribution is 7.89. The molecule has 9 heteroatoms. The number of nitrogens with one attached hydrogen (secondary N) is 2. The quantitative estimate of drug-likeness (QED) is 0.563. The van der Waals surface area contributed by atoms with Crippen molar-refractivity contribution in [2.75, 3.05) is 26.3 Å². The van der Waals surface area contributed by atoms with E-state index in [9.17, 15) is 13.2 Å². The minimum atomic E-state index is -3.76. The van der Waals surface area contributed by atoms with E-state index in [0.717, 1.165) is 17.7 Å². The summed E-state index contributed by atoms with van der Waals surface area (Å²) in [6.45, 7) is 5.42. The van der Waals surface area contributed by atoms with Crippen LogP contribution < -0.4 is 24.2 Å². The fraction of sp³-hybridized carbons (Fsp3) is 0.435. The molecule has 2 aromatic carbocycles. The van der Waals surface area contributed by atoms with Crippen molar-refractivity contribution >= 4 is 15.9 Å². The maximum absolute atomic E-state index is 12.5. The van der Waals surface area contributed by atoms with Crippen molar-refractivity contribution in [1.29, 1.82) is 0 Å². The third kappa shape index (κ3) is 7.13. The highest BCUT2D eigenvalue weighted by Crippen LogP contribution is 2.31. The van der Waals surface area contributed by atoms with Gasteiger partial charge in [0.15, 0.2) is 11.5 Å². The average Bonchev–Trinajstić information content (AvgIpc) is 2.99. The van der Waals surface area contributed by atoms with Crippen LogP contribution in [-0.4, -0.2) is 46.7 Å². The Morgan fingerprint density at radius 1 is 1.03 bits per heavy atom. The Morgan fingerprint density at radius 2 is 1.75 bits per heavy atom. The second-order valence-corrected chi connectivity index (χ2v) is 9.48. The standard InChI is InChI=1S/C23H30N2O6S/c1-17(2)31-19-6-4-18(5-7-19)10-12-24-23(26)11-13-25-32(27,28)20-8-9-21-22(16-20)30-15-3-14-29-21/h4-9,16-17,25H,3,10-15H2,1-2H3,(H,24,26). The van der Waals surface area contributed by atoms with Gasteiger partial charge in [0.2, 0.25) is 15.9 Å². The van der Waals surface area contributed by atoms with Gasteiger partial charge in [-0.15, -0.1) is 0 Å². The monoisotopic (exact) mass is 462 g/mol. The zero-order valence-electron chi connectivity index (χ0n) is 18.4. The van der Waals surface area contributed by atoms with Gasteiger partial charge in [0.05, 0.1) is 24.2 Å². The summed E-state index contributed by atoms with van der Waals surface area (Å²) < 4.78 is 44.2. The van der Waals surface area contributed by atoms with Crippen LogP contribution in [-0.2, 0) is 21.2 Å². The van der Waals surface area contributed by atoms with Crippen LogP contribution in [0.4, 0.5) is 0 Å². The molecule has 1 amide bonds. The van der Waals surface area contributed by atoms with Crippen LogP contribution in [0.2, 0.25) is 0 Å². The van der Waals surface area contributed by atoms with Crippen molar-refractivity contribution < 1.29 is 27.4 Å². The average molecular weight is 463 g/mol. The second kappa shape index (κ2) is 11.2. The molecule has 0 spiro atoms. The fourth-order valence-electron chi connectivity index (χ4n) is 3.13. The Balaban J connectivity index is 1.41. The predicted octanol–water partition coefficient (Wildman–Crippen LogP) is 2.66. The summed E-state index contributed by atoms with van der Waals surface area (Å²) in [6, 6.07) is 12.2. The van der Waals surface area contributed by atoms with Crippen molar-refractivity contribution in [2.24, 2.45) is 0 Å². The van der Waals surface area contributed by atoms with Crippen molar-refractivity contribution in [3.8, 4) is 17.2 Å². The molecular formula is C23H30N2O6S. The van der Waals surface area contributed by atoms with E-state index in [1.165, 1.54) is 12.1 Å². The number of sulfonamides is 1. The predicted molar refractivity (Wildman–Crippen MR) is 121 cm³/mol. The van der Waals surface area contributed by atoms with Crippen LogP contribution in [0.3, 0.4) is 0 Å². The molecule has 0 bridgehead atoms. The van der Waals surface area contributed by atoms with Gasteiger partial charge in [-0.05, 0) is 50.1 Å². The van der Waals surface area contributed by atoms with Crippen LogP contribution >= 0.6 is 0 Å². The van der Waals surface area contributed by atoms with E-state index < -0.39 is 10.0 Å². The lowest BCUT2D eigenvalue weighted by Crippen LogP contribution is -2.31.